The number of carbonyl (C=O) groups is 2. The maximum absolute atomic E-state index is 12.4. The van der Waals surface area contributed by atoms with Crippen molar-refractivity contribution in [3.8, 4) is 5.75 Å². The van der Waals surface area contributed by atoms with E-state index in [1.807, 2.05) is 19.1 Å². The third-order valence-corrected chi connectivity index (χ3v) is 5.95. The molecule has 0 saturated heterocycles. The van der Waals surface area contributed by atoms with E-state index in [1.54, 1.807) is 42.5 Å². The van der Waals surface area contributed by atoms with Gasteiger partial charge in [-0.05, 0) is 74.9 Å². The van der Waals surface area contributed by atoms with Gasteiger partial charge in [-0.15, -0.1) is 0 Å². The first-order chi connectivity index (χ1) is 16.0. The number of amides is 2. The van der Waals surface area contributed by atoms with E-state index in [1.165, 1.54) is 0 Å². The van der Waals surface area contributed by atoms with Gasteiger partial charge < -0.3 is 19.9 Å². The van der Waals surface area contributed by atoms with Crippen molar-refractivity contribution in [2.45, 2.75) is 52.2 Å². The molecule has 0 radical (unpaired) electrons. The lowest BCUT2D eigenvalue weighted by Crippen LogP contribution is -2.37. The Bertz CT molecular complexity index is 1080. The van der Waals surface area contributed by atoms with Gasteiger partial charge in [0.15, 0.2) is 11.5 Å². The maximum Gasteiger partial charge on any atom is 0.273 e. The molecule has 2 aromatic carbocycles. The van der Waals surface area contributed by atoms with Crippen LogP contribution in [0.4, 0.5) is 5.69 Å². The molecule has 172 valence electrons. The Labute approximate surface area is 193 Å². The summed E-state index contributed by atoms with van der Waals surface area (Å²) >= 11 is 0. The fourth-order valence-corrected chi connectivity index (χ4v) is 3.85. The number of anilines is 1. The Morgan fingerprint density at radius 1 is 1.00 bits per heavy atom. The van der Waals surface area contributed by atoms with Crippen molar-refractivity contribution in [3.05, 3.63) is 77.2 Å². The minimum Gasteiger partial charge on any atom is -0.486 e. The number of aryl methyl sites for hydroxylation is 1. The van der Waals surface area contributed by atoms with Crippen molar-refractivity contribution in [2.75, 3.05) is 5.32 Å². The molecule has 0 unspecified atom stereocenters. The van der Waals surface area contributed by atoms with Gasteiger partial charge in [-0.2, -0.15) is 0 Å². The minimum absolute atomic E-state index is 0.149. The molecule has 1 saturated carbocycles. The zero-order chi connectivity index (χ0) is 23.2. The lowest BCUT2D eigenvalue weighted by Gasteiger charge is -2.26. The number of hydrogen-bond acceptors (Lipinski definition) is 5. The second-order valence-corrected chi connectivity index (χ2v) is 8.74. The van der Waals surface area contributed by atoms with Gasteiger partial charge in [0, 0.05) is 23.4 Å². The summed E-state index contributed by atoms with van der Waals surface area (Å²) in [6.45, 7) is 4.37. The number of nitrogens with one attached hydrogen (secondary N) is 2. The molecule has 33 heavy (non-hydrogen) atoms. The van der Waals surface area contributed by atoms with Gasteiger partial charge in [0.05, 0.1) is 0 Å². The van der Waals surface area contributed by atoms with Crippen molar-refractivity contribution < 1.29 is 18.8 Å². The van der Waals surface area contributed by atoms with Crippen LogP contribution in [-0.4, -0.2) is 23.0 Å². The van der Waals surface area contributed by atoms with Gasteiger partial charge in [-0.25, -0.2) is 0 Å². The number of ether oxygens (including phenoxy) is 1. The molecular formula is C26H29N3O4. The van der Waals surface area contributed by atoms with Crippen LogP contribution in [0, 0.1) is 12.8 Å². The highest BCUT2D eigenvalue weighted by Gasteiger charge is 2.22. The standard InChI is InChI=1S/C26H29N3O4/c1-17-3-7-19(8-4-17)25(30)27-21-11-13-22(14-12-21)32-16-23-15-24(29-33-23)26(31)28-20-9-5-18(2)6-10-20/h3-4,7-8,11-15,18,20H,5-6,9-10,16H2,1-2H3,(H,27,30)(H,28,31). The van der Waals surface area contributed by atoms with Crippen LogP contribution < -0.4 is 15.4 Å². The van der Waals surface area contributed by atoms with Crippen molar-refractivity contribution in [2.24, 2.45) is 5.92 Å². The molecule has 7 nitrogen and oxygen atoms in total. The van der Waals surface area contributed by atoms with E-state index in [-0.39, 0.29) is 30.2 Å². The second kappa shape index (κ2) is 10.3. The van der Waals surface area contributed by atoms with Crippen LogP contribution >= 0.6 is 0 Å². The van der Waals surface area contributed by atoms with Crippen molar-refractivity contribution in [3.63, 3.8) is 0 Å². The molecule has 1 fully saturated rings. The summed E-state index contributed by atoms with van der Waals surface area (Å²) in [5.74, 6) is 1.43. The normalized spacial score (nSPS) is 17.9. The first kappa shape index (κ1) is 22.6. The summed E-state index contributed by atoms with van der Waals surface area (Å²) in [5, 5.41) is 9.78. The van der Waals surface area contributed by atoms with Crippen molar-refractivity contribution in [1.82, 2.24) is 10.5 Å². The zero-order valence-corrected chi connectivity index (χ0v) is 19.0. The molecule has 2 amide bonds. The van der Waals surface area contributed by atoms with Gasteiger partial charge in [0.25, 0.3) is 11.8 Å². The van der Waals surface area contributed by atoms with Gasteiger partial charge in [0.1, 0.15) is 12.4 Å². The molecular weight excluding hydrogens is 418 g/mol. The minimum atomic E-state index is -0.210. The number of nitrogens with zero attached hydrogens (tertiary/aromatic N) is 1. The SMILES string of the molecule is Cc1ccc(C(=O)Nc2ccc(OCc3cc(C(=O)NC4CCC(C)CC4)no3)cc2)cc1. The number of carbonyl (C=O) groups excluding carboxylic acids is 2. The fourth-order valence-electron chi connectivity index (χ4n) is 3.85. The van der Waals surface area contributed by atoms with E-state index in [4.69, 9.17) is 9.26 Å². The predicted octanol–water partition coefficient (Wildman–Crippen LogP) is 5.12. The Morgan fingerprint density at radius 3 is 2.39 bits per heavy atom. The molecule has 7 heteroatoms. The number of hydrogen-bond donors (Lipinski definition) is 2. The third kappa shape index (κ3) is 6.22. The van der Waals surface area contributed by atoms with E-state index in [9.17, 15) is 9.59 Å². The van der Waals surface area contributed by atoms with Gasteiger partial charge in [0.2, 0.25) is 0 Å². The summed E-state index contributed by atoms with van der Waals surface area (Å²) in [5.41, 5.74) is 2.64. The highest BCUT2D eigenvalue weighted by Crippen LogP contribution is 2.24. The summed E-state index contributed by atoms with van der Waals surface area (Å²) in [7, 11) is 0. The second-order valence-electron chi connectivity index (χ2n) is 8.74. The van der Waals surface area contributed by atoms with Crippen LogP contribution in [-0.2, 0) is 6.61 Å². The quantitative estimate of drug-likeness (QED) is 0.524. The van der Waals surface area contributed by atoms with Crippen LogP contribution in [0.1, 0.15) is 64.8 Å². The third-order valence-electron chi connectivity index (χ3n) is 5.95. The van der Waals surface area contributed by atoms with E-state index < -0.39 is 0 Å². The van der Waals surface area contributed by atoms with E-state index in [0.717, 1.165) is 37.2 Å². The van der Waals surface area contributed by atoms with Crippen LogP contribution in [0.3, 0.4) is 0 Å². The molecule has 2 N–H and O–H groups in total. The van der Waals surface area contributed by atoms with Gasteiger partial charge >= 0.3 is 0 Å². The molecule has 1 aliphatic carbocycles. The van der Waals surface area contributed by atoms with Gasteiger partial charge in [-0.1, -0.05) is 29.8 Å². The number of benzene rings is 2. The summed E-state index contributed by atoms with van der Waals surface area (Å²) in [6.07, 6.45) is 4.28. The fraction of sp³-hybridized carbons (Fsp3) is 0.346. The first-order valence-electron chi connectivity index (χ1n) is 11.3. The molecule has 0 bridgehead atoms. The Balaban J connectivity index is 1.25. The van der Waals surface area contributed by atoms with Crippen LogP contribution in [0.2, 0.25) is 0 Å². The van der Waals surface area contributed by atoms with Crippen molar-refractivity contribution in [1.29, 1.82) is 0 Å². The lowest BCUT2D eigenvalue weighted by molar-refractivity contribution is 0.0913. The molecule has 1 aromatic heterocycles. The van der Waals surface area contributed by atoms with E-state index in [0.29, 0.717) is 22.8 Å². The topological polar surface area (TPSA) is 93.5 Å². The highest BCUT2D eigenvalue weighted by molar-refractivity contribution is 6.04. The molecule has 1 heterocycles. The summed E-state index contributed by atoms with van der Waals surface area (Å²) < 4.78 is 11.0. The molecule has 1 aliphatic rings. The molecule has 4 rings (SSSR count). The lowest BCUT2D eigenvalue weighted by atomic mass is 9.87. The number of rotatable bonds is 7. The number of aromatic nitrogens is 1. The average Bonchev–Trinajstić information content (AvgIpc) is 3.30. The maximum atomic E-state index is 12.4. The average molecular weight is 448 g/mol. The Hall–Kier alpha value is -3.61. The zero-order valence-electron chi connectivity index (χ0n) is 19.0. The van der Waals surface area contributed by atoms with Crippen LogP contribution in [0.5, 0.6) is 5.75 Å². The molecule has 0 aliphatic heterocycles. The summed E-state index contributed by atoms with van der Waals surface area (Å²) in [4.78, 5) is 24.7. The molecule has 3 aromatic rings. The Morgan fingerprint density at radius 2 is 1.70 bits per heavy atom. The summed E-state index contributed by atoms with van der Waals surface area (Å²) in [6, 6.07) is 16.3. The smallest absolute Gasteiger partial charge is 0.273 e. The first-order valence-corrected chi connectivity index (χ1v) is 11.3. The molecule has 0 atom stereocenters. The predicted molar refractivity (Wildman–Crippen MR) is 125 cm³/mol. The monoisotopic (exact) mass is 447 g/mol. The highest BCUT2D eigenvalue weighted by atomic mass is 16.5. The van der Waals surface area contributed by atoms with Crippen LogP contribution in [0.25, 0.3) is 0 Å². The van der Waals surface area contributed by atoms with Gasteiger partial charge in [-0.3, -0.25) is 9.59 Å². The molecule has 0 spiro atoms. The van der Waals surface area contributed by atoms with Crippen molar-refractivity contribution >= 4 is 17.5 Å². The Kier molecular flexibility index (Phi) is 7.07. The van der Waals surface area contributed by atoms with E-state index >= 15 is 0 Å². The van der Waals surface area contributed by atoms with E-state index in [2.05, 4.69) is 22.7 Å². The van der Waals surface area contributed by atoms with Crippen LogP contribution in [0.15, 0.2) is 59.1 Å². The largest absolute Gasteiger partial charge is 0.486 e.